The molecule has 2 rings (SSSR count). The Morgan fingerprint density at radius 3 is 2.80 bits per heavy atom. The predicted octanol–water partition coefficient (Wildman–Crippen LogP) is 4.92. The lowest BCUT2D eigenvalue weighted by Gasteiger charge is -2.05. The van der Waals surface area contributed by atoms with Gasteiger partial charge in [-0.15, -0.1) is 0 Å². The Morgan fingerprint density at radius 1 is 1.50 bits per heavy atom. The SMILES string of the molecule is C[C@@H](O)c1cc([N+](=O)[O-])c(Oc2cc(Br)ccc2Cl)s1. The highest BCUT2D eigenvalue weighted by atomic mass is 79.9. The number of nitrogens with zero attached hydrogens (tertiary/aromatic N) is 1. The number of aliphatic hydroxyl groups is 1. The molecule has 1 N–H and O–H groups in total. The molecule has 5 nitrogen and oxygen atoms in total. The number of hydrogen-bond acceptors (Lipinski definition) is 5. The van der Waals surface area contributed by atoms with Gasteiger partial charge in [0.2, 0.25) is 0 Å². The molecule has 0 fully saturated rings. The van der Waals surface area contributed by atoms with Crippen molar-refractivity contribution in [1.29, 1.82) is 0 Å². The second kappa shape index (κ2) is 6.09. The fraction of sp³-hybridized carbons (Fsp3) is 0.167. The van der Waals surface area contributed by atoms with Crippen molar-refractivity contribution >= 4 is 44.6 Å². The normalized spacial score (nSPS) is 12.2. The summed E-state index contributed by atoms with van der Waals surface area (Å²) in [6.07, 6.45) is -0.797. The maximum atomic E-state index is 11.0. The summed E-state index contributed by atoms with van der Waals surface area (Å²) < 4.78 is 6.26. The average molecular weight is 379 g/mol. The Morgan fingerprint density at radius 2 is 2.20 bits per heavy atom. The first-order valence-electron chi connectivity index (χ1n) is 5.47. The Balaban J connectivity index is 2.42. The van der Waals surface area contributed by atoms with Gasteiger partial charge >= 0.3 is 5.69 Å². The Labute approximate surface area is 132 Å². The topological polar surface area (TPSA) is 72.6 Å². The van der Waals surface area contributed by atoms with Crippen molar-refractivity contribution in [1.82, 2.24) is 0 Å². The number of thiophene rings is 1. The van der Waals surface area contributed by atoms with E-state index in [0.717, 1.165) is 15.8 Å². The van der Waals surface area contributed by atoms with Crippen LogP contribution in [0.25, 0.3) is 0 Å². The molecule has 1 atom stereocenters. The van der Waals surface area contributed by atoms with Gasteiger partial charge in [0.1, 0.15) is 5.75 Å². The zero-order valence-corrected chi connectivity index (χ0v) is 13.3. The number of benzene rings is 1. The summed E-state index contributed by atoms with van der Waals surface area (Å²) in [5, 5.41) is 20.9. The molecule has 0 bridgehead atoms. The molecule has 0 aliphatic carbocycles. The molecule has 20 heavy (non-hydrogen) atoms. The summed E-state index contributed by atoms with van der Waals surface area (Å²) in [5.74, 6) is 0.308. The Bertz CT molecular complexity index is 659. The lowest BCUT2D eigenvalue weighted by molar-refractivity contribution is -0.385. The number of hydrogen-bond donors (Lipinski definition) is 1. The minimum absolute atomic E-state index is 0.0888. The molecule has 1 heterocycles. The van der Waals surface area contributed by atoms with Crippen LogP contribution in [0.2, 0.25) is 5.02 Å². The second-order valence-electron chi connectivity index (χ2n) is 3.93. The summed E-state index contributed by atoms with van der Waals surface area (Å²) in [6, 6.07) is 6.28. The lowest BCUT2D eigenvalue weighted by atomic mass is 10.3. The number of ether oxygens (including phenoxy) is 1. The molecule has 2 aromatic rings. The fourth-order valence-corrected chi connectivity index (χ4v) is 2.86. The quantitative estimate of drug-likeness (QED) is 0.605. The monoisotopic (exact) mass is 377 g/mol. The van der Waals surface area contributed by atoms with Crippen LogP contribution in [0.1, 0.15) is 17.9 Å². The summed E-state index contributed by atoms with van der Waals surface area (Å²) in [6.45, 7) is 1.53. The van der Waals surface area contributed by atoms with Crippen LogP contribution in [-0.2, 0) is 0 Å². The Kier molecular flexibility index (Phi) is 4.64. The highest BCUT2D eigenvalue weighted by Crippen LogP contribution is 2.43. The van der Waals surface area contributed by atoms with Crippen LogP contribution in [0.15, 0.2) is 28.7 Å². The molecule has 0 aliphatic heterocycles. The molecular weight excluding hydrogens is 370 g/mol. The molecule has 0 spiro atoms. The van der Waals surface area contributed by atoms with Crippen LogP contribution in [0.4, 0.5) is 5.69 Å². The third-order valence-electron chi connectivity index (χ3n) is 2.40. The molecule has 0 saturated heterocycles. The highest BCUT2D eigenvalue weighted by molar-refractivity contribution is 9.10. The van der Waals surface area contributed by atoms with Gasteiger partial charge in [-0.05, 0) is 25.1 Å². The van der Waals surface area contributed by atoms with E-state index in [0.29, 0.717) is 15.6 Å². The van der Waals surface area contributed by atoms with E-state index < -0.39 is 11.0 Å². The molecule has 0 aliphatic rings. The van der Waals surface area contributed by atoms with Gasteiger partial charge in [-0.25, -0.2) is 0 Å². The standard InChI is InChI=1S/C12H9BrClNO4S/c1-6(16)11-5-9(15(17)18)12(20-11)19-10-4-7(13)2-3-8(10)14/h2-6,16H,1H3/t6-/m1/s1. The van der Waals surface area contributed by atoms with Crippen molar-refractivity contribution in [3.63, 3.8) is 0 Å². The molecule has 0 saturated carbocycles. The van der Waals surface area contributed by atoms with Gasteiger partial charge < -0.3 is 9.84 Å². The number of aliphatic hydroxyl groups excluding tert-OH is 1. The van der Waals surface area contributed by atoms with Crippen LogP contribution in [0.5, 0.6) is 10.8 Å². The number of halogens is 2. The van der Waals surface area contributed by atoms with Crippen molar-refractivity contribution in [2.45, 2.75) is 13.0 Å². The van der Waals surface area contributed by atoms with E-state index in [1.807, 2.05) is 0 Å². The first-order valence-corrected chi connectivity index (χ1v) is 7.46. The summed E-state index contributed by atoms with van der Waals surface area (Å²) in [4.78, 5) is 10.9. The summed E-state index contributed by atoms with van der Waals surface area (Å²) in [7, 11) is 0. The molecule has 1 aromatic heterocycles. The zero-order valence-electron chi connectivity index (χ0n) is 10.2. The third kappa shape index (κ3) is 3.29. The zero-order chi connectivity index (χ0) is 14.9. The molecule has 0 amide bonds. The van der Waals surface area contributed by atoms with Gasteiger partial charge in [-0.3, -0.25) is 10.1 Å². The molecule has 0 unspecified atom stereocenters. The van der Waals surface area contributed by atoms with Gasteiger partial charge in [-0.1, -0.05) is 38.9 Å². The lowest BCUT2D eigenvalue weighted by Crippen LogP contribution is -1.90. The molecule has 1 aromatic carbocycles. The maximum absolute atomic E-state index is 11.0. The minimum atomic E-state index is -0.797. The van der Waals surface area contributed by atoms with Crippen molar-refractivity contribution < 1.29 is 14.8 Å². The smallest absolute Gasteiger partial charge is 0.323 e. The van der Waals surface area contributed by atoms with E-state index in [9.17, 15) is 15.2 Å². The van der Waals surface area contributed by atoms with Crippen LogP contribution in [0.3, 0.4) is 0 Å². The van der Waals surface area contributed by atoms with Gasteiger partial charge in [-0.2, -0.15) is 0 Å². The van der Waals surface area contributed by atoms with Crippen LogP contribution < -0.4 is 4.74 Å². The fourth-order valence-electron chi connectivity index (χ4n) is 1.44. The van der Waals surface area contributed by atoms with Gasteiger partial charge in [0.15, 0.2) is 0 Å². The first-order chi connectivity index (χ1) is 9.38. The molecular formula is C12H9BrClNO4S. The van der Waals surface area contributed by atoms with E-state index in [-0.39, 0.29) is 10.8 Å². The van der Waals surface area contributed by atoms with Gasteiger partial charge in [0.25, 0.3) is 5.06 Å². The van der Waals surface area contributed by atoms with Crippen molar-refractivity contribution in [3.8, 4) is 10.8 Å². The van der Waals surface area contributed by atoms with E-state index >= 15 is 0 Å². The summed E-state index contributed by atoms with van der Waals surface area (Å²) in [5.41, 5.74) is -0.193. The van der Waals surface area contributed by atoms with Crippen molar-refractivity contribution in [3.05, 3.63) is 48.8 Å². The van der Waals surface area contributed by atoms with E-state index in [4.69, 9.17) is 16.3 Å². The largest absolute Gasteiger partial charge is 0.438 e. The average Bonchev–Trinajstić information content (AvgIpc) is 2.78. The number of nitro groups is 1. The van der Waals surface area contributed by atoms with Crippen molar-refractivity contribution in [2.75, 3.05) is 0 Å². The first kappa shape index (κ1) is 15.2. The molecule has 0 radical (unpaired) electrons. The van der Waals surface area contributed by atoms with Gasteiger partial charge in [0, 0.05) is 15.4 Å². The number of rotatable bonds is 4. The highest BCUT2D eigenvalue weighted by Gasteiger charge is 2.23. The molecule has 8 heteroatoms. The van der Waals surface area contributed by atoms with E-state index in [2.05, 4.69) is 15.9 Å². The van der Waals surface area contributed by atoms with Gasteiger partial charge in [0.05, 0.1) is 16.0 Å². The van der Waals surface area contributed by atoms with Crippen LogP contribution in [0, 0.1) is 10.1 Å². The minimum Gasteiger partial charge on any atom is -0.438 e. The van der Waals surface area contributed by atoms with E-state index in [1.165, 1.54) is 13.0 Å². The molecule has 106 valence electrons. The second-order valence-corrected chi connectivity index (χ2v) is 6.30. The summed E-state index contributed by atoms with van der Waals surface area (Å²) >= 11 is 10.3. The maximum Gasteiger partial charge on any atom is 0.323 e. The van der Waals surface area contributed by atoms with Crippen LogP contribution >= 0.6 is 38.9 Å². The van der Waals surface area contributed by atoms with Crippen LogP contribution in [-0.4, -0.2) is 10.0 Å². The third-order valence-corrected chi connectivity index (χ3v) is 4.38. The van der Waals surface area contributed by atoms with Crippen molar-refractivity contribution in [2.24, 2.45) is 0 Å². The van der Waals surface area contributed by atoms with E-state index in [1.54, 1.807) is 18.2 Å². The predicted molar refractivity (Wildman–Crippen MR) is 80.8 cm³/mol. The Hall–Kier alpha value is -1.15.